The van der Waals surface area contributed by atoms with Crippen molar-refractivity contribution >= 4 is 45.1 Å². The van der Waals surface area contributed by atoms with Gasteiger partial charge in [-0.2, -0.15) is 0 Å². The third kappa shape index (κ3) is 5.26. The van der Waals surface area contributed by atoms with Gasteiger partial charge >= 0.3 is 6.03 Å². The first kappa shape index (κ1) is 21.1. The molecule has 0 aliphatic rings. The Hall–Kier alpha value is -2.61. The number of rotatable bonds is 6. The second-order valence-corrected chi connectivity index (χ2v) is 9.41. The molecule has 2 amide bonds. The van der Waals surface area contributed by atoms with E-state index >= 15 is 0 Å². The third-order valence-corrected chi connectivity index (χ3v) is 6.73. The number of hydrogen-bond acceptors (Lipinski definition) is 9. The highest BCUT2D eigenvalue weighted by molar-refractivity contribution is 8.00. The van der Waals surface area contributed by atoms with Crippen LogP contribution in [-0.2, 0) is 10.0 Å². The Morgan fingerprint density at radius 2 is 1.79 bits per heavy atom. The minimum absolute atomic E-state index is 0.0354. The largest absolute Gasteiger partial charge is 0.336 e. The lowest BCUT2D eigenvalue weighted by Crippen LogP contribution is -2.44. The molecule has 2 heterocycles. The zero-order valence-electron chi connectivity index (χ0n) is 15.6. The summed E-state index contributed by atoms with van der Waals surface area (Å²) in [6.07, 6.45) is 1.86. The van der Waals surface area contributed by atoms with Gasteiger partial charge in [-0.25, -0.2) is 23.2 Å². The van der Waals surface area contributed by atoms with Gasteiger partial charge in [0.1, 0.15) is 5.01 Å². The van der Waals surface area contributed by atoms with E-state index in [0.717, 1.165) is 0 Å². The predicted octanol–water partition coefficient (Wildman–Crippen LogP) is 2.35. The highest BCUT2D eigenvalue weighted by Crippen LogP contribution is 2.32. The Morgan fingerprint density at radius 1 is 1.10 bits per heavy atom. The van der Waals surface area contributed by atoms with Gasteiger partial charge in [-0.3, -0.25) is 10.7 Å². The van der Waals surface area contributed by atoms with Gasteiger partial charge in [-0.15, -0.1) is 15.0 Å². The Kier molecular flexibility index (Phi) is 6.42. The summed E-state index contributed by atoms with van der Waals surface area (Å²) in [5.41, 5.74) is 3.83. The first-order valence-electron chi connectivity index (χ1n) is 8.16. The molecule has 0 saturated heterocycles. The van der Waals surface area contributed by atoms with E-state index < -0.39 is 16.1 Å². The maximum Gasteiger partial charge on any atom is 0.336 e. The summed E-state index contributed by atoms with van der Waals surface area (Å²) in [6.45, 7) is 3.51. The van der Waals surface area contributed by atoms with E-state index in [0.29, 0.717) is 26.3 Å². The van der Waals surface area contributed by atoms with Crippen LogP contribution in [0, 0.1) is 13.8 Å². The van der Waals surface area contributed by atoms with Crippen molar-refractivity contribution in [1.82, 2.24) is 30.4 Å². The number of hydrazine groups is 1. The Bertz CT molecular complexity index is 1130. The molecule has 3 rings (SSSR count). The quantitative estimate of drug-likeness (QED) is 0.383. The van der Waals surface area contributed by atoms with Crippen molar-refractivity contribution in [3.05, 3.63) is 41.7 Å². The summed E-state index contributed by atoms with van der Waals surface area (Å²) in [5, 5.41) is 10.9. The number of thioether (sulfide) groups is 1. The standard InChI is InChI=1S/C16H17N7O3S3/c1-9-8-10(2)18-14(17-9)19-15(24)21-23-29(25,26)12-7-5-4-6-11(12)13-20-22-16(27-3)28-13/h4-8,23H,1-3H3,(H2,17,18,19,21,24). The summed E-state index contributed by atoms with van der Waals surface area (Å²) in [4.78, 5) is 22.2. The topological polar surface area (TPSA) is 139 Å². The molecule has 3 aromatic rings. The molecule has 13 heteroatoms. The molecule has 2 aromatic heterocycles. The number of nitrogens with one attached hydrogen (secondary N) is 3. The number of urea groups is 1. The molecule has 0 saturated carbocycles. The lowest BCUT2D eigenvalue weighted by Gasteiger charge is -2.11. The van der Waals surface area contributed by atoms with Crippen LogP contribution in [0.5, 0.6) is 0 Å². The van der Waals surface area contributed by atoms with E-state index in [-0.39, 0.29) is 10.8 Å². The number of carbonyl (C=O) groups is 1. The van der Waals surface area contributed by atoms with Crippen LogP contribution < -0.4 is 15.6 Å². The number of carbonyl (C=O) groups excluding carboxylic acids is 1. The summed E-state index contributed by atoms with van der Waals surface area (Å²) >= 11 is 2.69. The number of hydrogen-bond donors (Lipinski definition) is 3. The van der Waals surface area contributed by atoms with Gasteiger partial charge in [0.2, 0.25) is 5.95 Å². The van der Waals surface area contributed by atoms with Crippen LogP contribution in [0.1, 0.15) is 11.4 Å². The number of aromatic nitrogens is 4. The Labute approximate surface area is 175 Å². The monoisotopic (exact) mass is 451 g/mol. The molecular weight excluding hydrogens is 434 g/mol. The maximum absolute atomic E-state index is 12.7. The zero-order chi connectivity index (χ0) is 21.0. The van der Waals surface area contributed by atoms with Gasteiger partial charge < -0.3 is 0 Å². The average molecular weight is 452 g/mol. The highest BCUT2D eigenvalue weighted by atomic mass is 32.2. The fourth-order valence-corrected chi connectivity index (χ4v) is 4.78. The minimum atomic E-state index is -4.07. The van der Waals surface area contributed by atoms with Gasteiger partial charge in [0.05, 0.1) is 4.90 Å². The van der Waals surface area contributed by atoms with Crippen molar-refractivity contribution in [2.24, 2.45) is 0 Å². The van der Waals surface area contributed by atoms with E-state index in [2.05, 4.69) is 35.7 Å². The average Bonchev–Trinajstić information content (AvgIpc) is 3.15. The smallest absolute Gasteiger partial charge is 0.275 e. The summed E-state index contributed by atoms with van der Waals surface area (Å²) in [5.74, 6) is 0.0676. The molecule has 0 bridgehead atoms. The van der Waals surface area contributed by atoms with Crippen LogP contribution in [0.3, 0.4) is 0 Å². The molecule has 3 N–H and O–H groups in total. The van der Waals surface area contributed by atoms with Gasteiger partial charge in [0.25, 0.3) is 10.0 Å². The van der Waals surface area contributed by atoms with E-state index in [1.54, 1.807) is 38.1 Å². The van der Waals surface area contributed by atoms with Gasteiger partial charge in [0, 0.05) is 17.0 Å². The normalized spacial score (nSPS) is 11.3. The lowest BCUT2D eigenvalue weighted by molar-refractivity contribution is 0.250. The fourth-order valence-electron chi connectivity index (χ4n) is 2.36. The molecule has 152 valence electrons. The van der Waals surface area contributed by atoms with Gasteiger partial charge in [-0.05, 0) is 32.2 Å². The van der Waals surface area contributed by atoms with Crippen LogP contribution in [-0.4, -0.2) is 40.9 Å². The molecule has 0 radical (unpaired) electrons. The highest BCUT2D eigenvalue weighted by Gasteiger charge is 2.22. The number of amides is 2. The van der Waals surface area contributed by atoms with Crippen molar-refractivity contribution in [3.8, 4) is 10.6 Å². The number of nitrogens with zero attached hydrogens (tertiary/aromatic N) is 4. The Morgan fingerprint density at radius 3 is 2.45 bits per heavy atom. The first-order valence-corrected chi connectivity index (χ1v) is 11.7. The number of benzene rings is 1. The lowest BCUT2D eigenvalue weighted by atomic mass is 10.2. The molecule has 0 spiro atoms. The van der Waals surface area contributed by atoms with Crippen molar-refractivity contribution < 1.29 is 13.2 Å². The second kappa shape index (κ2) is 8.82. The van der Waals surface area contributed by atoms with Gasteiger partial charge in [0.15, 0.2) is 4.34 Å². The zero-order valence-corrected chi connectivity index (χ0v) is 18.1. The van der Waals surface area contributed by atoms with E-state index in [1.807, 2.05) is 6.26 Å². The van der Waals surface area contributed by atoms with Crippen LogP contribution in [0.15, 0.2) is 39.6 Å². The molecule has 0 aliphatic carbocycles. The van der Waals surface area contributed by atoms with Crippen molar-refractivity contribution in [3.63, 3.8) is 0 Å². The molecule has 29 heavy (non-hydrogen) atoms. The molecule has 0 fully saturated rings. The van der Waals surface area contributed by atoms with Gasteiger partial charge in [-0.1, -0.05) is 41.3 Å². The summed E-state index contributed by atoms with van der Waals surface area (Å²) < 4.78 is 26.2. The van der Waals surface area contributed by atoms with Crippen molar-refractivity contribution in [2.75, 3.05) is 11.6 Å². The van der Waals surface area contributed by atoms with Crippen LogP contribution >= 0.6 is 23.1 Å². The van der Waals surface area contributed by atoms with Crippen LogP contribution in [0.4, 0.5) is 10.7 Å². The van der Waals surface area contributed by atoms with Crippen LogP contribution in [0.25, 0.3) is 10.6 Å². The Balaban J connectivity index is 1.75. The molecular formula is C16H17N7O3S3. The number of sulfonamides is 1. The molecule has 1 aromatic carbocycles. The van der Waals surface area contributed by atoms with E-state index in [4.69, 9.17) is 0 Å². The van der Waals surface area contributed by atoms with Crippen molar-refractivity contribution in [2.45, 2.75) is 23.1 Å². The van der Waals surface area contributed by atoms with Crippen molar-refractivity contribution in [1.29, 1.82) is 0 Å². The first-order chi connectivity index (χ1) is 13.8. The summed E-state index contributed by atoms with van der Waals surface area (Å²) in [7, 11) is -4.07. The van der Waals surface area contributed by atoms with E-state index in [1.165, 1.54) is 29.2 Å². The SMILES string of the molecule is CSc1nnc(-c2ccccc2S(=O)(=O)NNC(=O)Nc2nc(C)cc(C)n2)s1. The van der Waals surface area contributed by atoms with E-state index in [9.17, 15) is 13.2 Å². The number of aryl methyl sites for hydroxylation is 2. The minimum Gasteiger partial charge on any atom is -0.275 e. The molecule has 0 aliphatic heterocycles. The maximum atomic E-state index is 12.7. The summed E-state index contributed by atoms with van der Waals surface area (Å²) in [6, 6.07) is 7.26. The van der Waals surface area contributed by atoms with Crippen LogP contribution in [0.2, 0.25) is 0 Å². The molecule has 0 atom stereocenters. The number of anilines is 1. The predicted molar refractivity (Wildman–Crippen MR) is 111 cm³/mol. The fraction of sp³-hybridized carbons (Fsp3) is 0.188. The third-order valence-electron chi connectivity index (χ3n) is 3.49. The molecule has 0 unspecified atom stereocenters. The second-order valence-electron chi connectivity index (χ2n) is 5.73. The molecule has 10 nitrogen and oxygen atoms in total.